The standard InChI is InChI=1S/C11H26N2/c1-5-10(4)8-11(6-2,9-12)13-7-3/h10,13H,5-9,12H2,1-4H3. The van der Waals surface area contributed by atoms with E-state index in [1.165, 1.54) is 12.8 Å². The fourth-order valence-corrected chi connectivity index (χ4v) is 1.83. The molecule has 80 valence electrons. The summed E-state index contributed by atoms with van der Waals surface area (Å²) in [6.45, 7) is 10.7. The summed E-state index contributed by atoms with van der Waals surface area (Å²) < 4.78 is 0. The Kier molecular flexibility index (Phi) is 6.35. The summed E-state index contributed by atoms with van der Waals surface area (Å²) in [5.41, 5.74) is 6.03. The van der Waals surface area contributed by atoms with E-state index in [-0.39, 0.29) is 5.54 Å². The zero-order valence-electron chi connectivity index (χ0n) is 9.69. The summed E-state index contributed by atoms with van der Waals surface area (Å²) >= 11 is 0. The molecule has 13 heavy (non-hydrogen) atoms. The first-order chi connectivity index (χ1) is 6.14. The van der Waals surface area contributed by atoms with Crippen LogP contribution in [0.3, 0.4) is 0 Å². The number of nitrogens with two attached hydrogens (primary N) is 1. The van der Waals surface area contributed by atoms with Crippen molar-refractivity contribution in [3.8, 4) is 0 Å². The van der Waals surface area contributed by atoms with E-state index in [1.807, 2.05) is 0 Å². The van der Waals surface area contributed by atoms with E-state index in [9.17, 15) is 0 Å². The van der Waals surface area contributed by atoms with Crippen LogP contribution in [0, 0.1) is 5.92 Å². The highest BCUT2D eigenvalue weighted by molar-refractivity contribution is 4.88. The van der Waals surface area contributed by atoms with Crippen molar-refractivity contribution in [3.63, 3.8) is 0 Å². The van der Waals surface area contributed by atoms with Crippen molar-refractivity contribution in [2.45, 2.75) is 52.5 Å². The van der Waals surface area contributed by atoms with Crippen molar-refractivity contribution in [2.75, 3.05) is 13.1 Å². The first-order valence-electron chi connectivity index (χ1n) is 5.59. The van der Waals surface area contributed by atoms with Crippen LogP contribution in [0.1, 0.15) is 47.0 Å². The maximum atomic E-state index is 5.84. The van der Waals surface area contributed by atoms with Gasteiger partial charge in [-0.25, -0.2) is 0 Å². The van der Waals surface area contributed by atoms with E-state index >= 15 is 0 Å². The number of rotatable bonds is 7. The maximum Gasteiger partial charge on any atom is 0.0303 e. The molecule has 2 unspecified atom stereocenters. The van der Waals surface area contributed by atoms with E-state index in [4.69, 9.17) is 5.73 Å². The Morgan fingerprint density at radius 3 is 2.23 bits per heavy atom. The Hall–Kier alpha value is -0.0800. The van der Waals surface area contributed by atoms with Gasteiger partial charge < -0.3 is 11.1 Å². The lowest BCUT2D eigenvalue weighted by atomic mass is 9.84. The van der Waals surface area contributed by atoms with Crippen molar-refractivity contribution in [1.82, 2.24) is 5.32 Å². The normalized spacial score (nSPS) is 18.2. The molecular formula is C11H26N2. The van der Waals surface area contributed by atoms with Gasteiger partial charge in [-0.05, 0) is 25.3 Å². The molecule has 0 rings (SSSR count). The molecule has 0 heterocycles. The molecule has 0 saturated carbocycles. The molecule has 0 aromatic carbocycles. The average molecular weight is 186 g/mol. The van der Waals surface area contributed by atoms with Crippen LogP contribution < -0.4 is 11.1 Å². The molecule has 2 atom stereocenters. The first-order valence-corrected chi connectivity index (χ1v) is 5.59. The molecule has 0 aromatic rings. The van der Waals surface area contributed by atoms with Gasteiger partial charge in [-0.3, -0.25) is 0 Å². The third-order valence-electron chi connectivity index (χ3n) is 3.06. The molecular weight excluding hydrogens is 160 g/mol. The van der Waals surface area contributed by atoms with Gasteiger partial charge in [0.1, 0.15) is 0 Å². The highest BCUT2D eigenvalue weighted by atomic mass is 15.0. The van der Waals surface area contributed by atoms with Crippen LogP contribution in [0.5, 0.6) is 0 Å². The molecule has 0 aliphatic heterocycles. The summed E-state index contributed by atoms with van der Waals surface area (Å²) in [5, 5.41) is 3.54. The lowest BCUT2D eigenvalue weighted by Crippen LogP contribution is -2.51. The Morgan fingerprint density at radius 2 is 1.92 bits per heavy atom. The van der Waals surface area contributed by atoms with Crippen molar-refractivity contribution in [1.29, 1.82) is 0 Å². The minimum atomic E-state index is 0.185. The Balaban J connectivity index is 4.19. The Labute approximate surface area is 83.3 Å². The Bertz CT molecular complexity index is 119. The minimum Gasteiger partial charge on any atom is -0.329 e. The van der Waals surface area contributed by atoms with Crippen LogP contribution in [0.2, 0.25) is 0 Å². The summed E-state index contributed by atoms with van der Waals surface area (Å²) in [4.78, 5) is 0. The van der Waals surface area contributed by atoms with Crippen LogP contribution in [-0.4, -0.2) is 18.6 Å². The minimum absolute atomic E-state index is 0.185. The zero-order valence-corrected chi connectivity index (χ0v) is 9.69. The average Bonchev–Trinajstić information content (AvgIpc) is 2.17. The Morgan fingerprint density at radius 1 is 1.31 bits per heavy atom. The predicted octanol–water partition coefficient (Wildman–Crippen LogP) is 2.14. The molecule has 0 radical (unpaired) electrons. The highest BCUT2D eigenvalue weighted by Gasteiger charge is 2.26. The SMILES string of the molecule is CCNC(CC)(CN)CC(C)CC. The molecule has 0 aliphatic carbocycles. The molecule has 0 aliphatic rings. The van der Waals surface area contributed by atoms with Crippen molar-refractivity contribution in [2.24, 2.45) is 11.7 Å². The van der Waals surface area contributed by atoms with E-state index in [1.54, 1.807) is 0 Å². The summed E-state index contributed by atoms with van der Waals surface area (Å²) in [6, 6.07) is 0. The van der Waals surface area contributed by atoms with Crippen LogP contribution >= 0.6 is 0 Å². The third-order valence-corrected chi connectivity index (χ3v) is 3.06. The van der Waals surface area contributed by atoms with Gasteiger partial charge in [0.25, 0.3) is 0 Å². The van der Waals surface area contributed by atoms with Gasteiger partial charge in [0.05, 0.1) is 0 Å². The molecule has 0 amide bonds. The lowest BCUT2D eigenvalue weighted by Gasteiger charge is -2.34. The van der Waals surface area contributed by atoms with Gasteiger partial charge in [0.15, 0.2) is 0 Å². The quantitative estimate of drug-likeness (QED) is 0.639. The summed E-state index contributed by atoms with van der Waals surface area (Å²) in [7, 11) is 0. The van der Waals surface area contributed by atoms with Crippen LogP contribution in [-0.2, 0) is 0 Å². The number of nitrogens with one attached hydrogen (secondary N) is 1. The summed E-state index contributed by atoms with van der Waals surface area (Å²) in [6.07, 6.45) is 3.57. The number of hydrogen-bond donors (Lipinski definition) is 2. The fourth-order valence-electron chi connectivity index (χ4n) is 1.83. The van der Waals surface area contributed by atoms with Crippen LogP contribution in [0.15, 0.2) is 0 Å². The van der Waals surface area contributed by atoms with Crippen molar-refractivity contribution in [3.05, 3.63) is 0 Å². The van der Waals surface area contributed by atoms with Gasteiger partial charge >= 0.3 is 0 Å². The summed E-state index contributed by atoms with van der Waals surface area (Å²) in [5.74, 6) is 0.766. The fraction of sp³-hybridized carbons (Fsp3) is 1.00. The zero-order chi connectivity index (χ0) is 10.3. The predicted molar refractivity (Wildman–Crippen MR) is 59.8 cm³/mol. The van der Waals surface area contributed by atoms with E-state index in [0.717, 1.165) is 25.4 Å². The smallest absolute Gasteiger partial charge is 0.0303 e. The molecule has 0 spiro atoms. The topological polar surface area (TPSA) is 38.0 Å². The van der Waals surface area contributed by atoms with E-state index in [2.05, 4.69) is 33.0 Å². The molecule has 0 aromatic heterocycles. The highest BCUT2D eigenvalue weighted by Crippen LogP contribution is 2.21. The molecule has 3 N–H and O–H groups in total. The van der Waals surface area contributed by atoms with Gasteiger partial charge in [-0.1, -0.05) is 34.1 Å². The molecule has 0 fully saturated rings. The molecule has 0 saturated heterocycles. The molecule has 0 bridgehead atoms. The van der Waals surface area contributed by atoms with Crippen LogP contribution in [0.25, 0.3) is 0 Å². The van der Waals surface area contributed by atoms with Gasteiger partial charge in [0, 0.05) is 12.1 Å². The molecule has 2 nitrogen and oxygen atoms in total. The van der Waals surface area contributed by atoms with Crippen molar-refractivity contribution >= 4 is 0 Å². The second-order valence-corrected chi connectivity index (χ2v) is 4.09. The monoisotopic (exact) mass is 186 g/mol. The van der Waals surface area contributed by atoms with Gasteiger partial charge in [0.2, 0.25) is 0 Å². The lowest BCUT2D eigenvalue weighted by molar-refractivity contribution is 0.259. The number of hydrogen-bond acceptors (Lipinski definition) is 2. The second-order valence-electron chi connectivity index (χ2n) is 4.09. The first kappa shape index (κ1) is 12.9. The van der Waals surface area contributed by atoms with E-state index < -0.39 is 0 Å². The van der Waals surface area contributed by atoms with Crippen LogP contribution in [0.4, 0.5) is 0 Å². The third kappa shape index (κ3) is 4.10. The maximum absolute atomic E-state index is 5.84. The van der Waals surface area contributed by atoms with Gasteiger partial charge in [-0.15, -0.1) is 0 Å². The van der Waals surface area contributed by atoms with Crippen molar-refractivity contribution < 1.29 is 0 Å². The van der Waals surface area contributed by atoms with E-state index in [0.29, 0.717) is 0 Å². The molecule has 2 heteroatoms. The number of likely N-dealkylation sites (N-methyl/N-ethyl adjacent to an activating group) is 1. The second kappa shape index (κ2) is 6.39. The largest absolute Gasteiger partial charge is 0.329 e. The van der Waals surface area contributed by atoms with Gasteiger partial charge in [-0.2, -0.15) is 0 Å².